The van der Waals surface area contributed by atoms with Crippen LogP contribution >= 0.6 is 0 Å². The Bertz CT molecular complexity index is 1730. The second-order valence-corrected chi connectivity index (χ2v) is 11.6. The number of nitrogens with zero attached hydrogens (tertiary/aromatic N) is 4. The maximum Gasteiger partial charge on any atom is 0.275 e. The summed E-state index contributed by atoms with van der Waals surface area (Å²) in [5.41, 5.74) is 2.11. The average Bonchev–Trinajstić information content (AvgIpc) is 3.30. The fourth-order valence-corrected chi connectivity index (χ4v) is 5.64. The van der Waals surface area contributed by atoms with Crippen LogP contribution in [0.2, 0.25) is 0 Å². The number of para-hydroxylation sites is 1. The van der Waals surface area contributed by atoms with Crippen LogP contribution in [-0.4, -0.2) is 59.6 Å². The first-order chi connectivity index (χ1) is 19.7. The number of aromatic nitrogens is 2. The second kappa shape index (κ2) is 12.9. The third-order valence-electron chi connectivity index (χ3n) is 6.12. The number of hydrogen-bond acceptors (Lipinski definition) is 8. The Hall–Kier alpha value is -4.35. The standard InChI is InChI=1S/C28H26N4O7S2/c1-38-14-15-39-28-25(18-33)31(27(30-28)20-8-4-3-5-9-20)17-22-13-12-21(16-26(22)41(2,36)37)23-10-6-7-11-24(23)32(19-29)40(34)35/h3-13,16,18H,14-15,17H2,1-2H3,(H,34,35). The Kier molecular flexibility index (Phi) is 9.31. The van der Waals surface area contributed by atoms with Crippen LogP contribution < -0.4 is 9.04 Å². The van der Waals surface area contributed by atoms with E-state index in [-0.39, 0.29) is 41.9 Å². The number of carbonyl (C=O) groups is 1. The van der Waals surface area contributed by atoms with Crippen molar-refractivity contribution in [3.8, 4) is 34.6 Å². The Morgan fingerprint density at radius 2 is 1.78 bits per heavy atom. The molecule has 0 saturated carbocycles. The maximum atomic E-state index is 13.0. The summed E-state index contributed by atoms with van der Waals surface area (Å²) in [6.45, 7) is 0.401. The summed E-state index contributed by atoms with van der Waals surface area (Å²) in [6.07, 6.45) is 3.35. The van der Waals surface area contributed by atoms with Crippen molar-refractivity contribution in [3.05, 3.63) is 84.1 Å². The molecular formula is C28H26N4O7S2. The van der Waals surface area contributed by atoms with Gasteiger partial charge in [0, 0.05) is 24.5 Å². The van der Waals surface area contributed by atoms with E-state index in [9.17, 15) is 27.2 Å². The number of benzene rings is 3. The number of carbonyl (C=O) groups excluding carboxylic acids is 1. The van der Waals surface area contributed by atoms with Gasteiger partial charge in [0.2, 0.25) is 5.88 Å². The van der Waals surface area contributed by atoms with Crippen molar-refractivity contribution in [2.45, 2.75) is 11.4 Å². The molecule has 1 aromatic heterocycles. The van der Waals surface area contributed by atoms with Crippen LogP contribution in [0.4, 0.5) is 5.69 Å². The molecule has 0 saturated heterocycles. The molecule has 1 atom stereocenters. The molecule has 0 radical (unpaired) electrons. The smallest absolute Gasteiger partial charge is 0.275 e. The lowest BCUT2D eigenvalue weighted by Gasteiger charge is -2.17. The van der Waals surface area contributed by atoms with Crippen LogP contribution in [-0.2, 0) is 32.4 Å². The molecule has 0 fully saturated rings. The molecule has 0 bridgehead atoms. The van der Waals surface area contributed by atoms with E-state index in [0.717, 1.165) is 6.26 Å². The van der Waals surface area contributed by atoms with E-state index in [0.29, 0.717) is 38.7 Å². The molecule has 41 heavy (non-hydrogen) atoms. The summed E-state index contributed by atoms with van der Waals surface area (Å²) in [6, 6.07) is 20.2. The van der Waals surface area contributed by atoms with Gasteiger partial charge in [-0.25, -0.2) is 12.6 Å². The maximum absolute atomic E-state index is 13.0. The molecule has 0 aliphatic carbocycles. The minimum absolute atomic E-state index is 0.0233. The molecule has 4 rings (SSSR count). The molecule has 212 valence electrons. The first-order valence-electron chi connectivity index (χ1n) is 12.2. The lowest BCUT2D eigenvalue weighted by atomic mass is 10.0. The molecule has 1 N–H and O–H groups in total. The monoisotopic (exact) mass is 594 g/mol. The third kappa shape index (κ3) is 6.53. The summed E-state index contributed by atoms with van der Waals surface area (Å²) in [5, 5.41) is 9.43. The zero-order valence-electron chi connectivity index (χ0n) is 22.1. The molecule has 1 unspecified atom stereocenters. The highest BCUT2D eigenvalue weighted by Gasteiger charge is 2.24. The normalized spacial score (nSPS) is 12.0. The van der Waals surface area contributed by atoms with Crippen molar-refractivity contribution < 1.29 is 31.4 Å². The Balaban J connectivity index is 1.87. The van der Waals surface area contributed by atoms with Gasteiger partial charge in [-0.05, 0) is 23.3 Å². The van der Waals surface area contributed by atoms with Crippen molar-refractivity contribution in [1.29, 1.82) is 5.26 Å². The predicted molar refractivity (Wildman–Crippen MR) is 153 cm³/mol. The van der Waals surface area contributed by atoms with Crippen LogP contribution in [0.15, 0.2) is 77.7 Å². The van der Waals surface area contributed by atoms with E-state index in [1.165, 1.54) is 19.2 Å². The Labute approximate surface area is 239 Å². The van der Waals surface area contributed by atoms with E-state index in [2.05, 4.69) is 4.98 Å². The molecule has 4 aromatic rings. The fraction of sp³-hybridized carbons (Fsp3) is 0.179. The first kappa shape index (κ1) is 29.6. The van der Waals surface area contributed by atoms with Crippen LogP contribution in [0.5, 0.6) is 5.88 Å². The summed E-state index contributed by atoms with van der Waals surface area (Å²) in [7, 11) is -2.28. The van der Waals surface area contributed by atoms with Gasteiger partial charge in [-0.15, -0.1) is 0 Å². The first-order valence-corrected chi connectivity index (χ1v) is 15.1. The van der Waals surface area contributed by atoms with Gasteiger partial charge in [0.15, 0.2) is 22.3 Å². The van der Waals surface area contributed by atoms with Gasteiger partial charge in [0.1, 0.15) is 18.1 Å². The van der Waals surface area contributed by atoms with Crippen LogP contribution in [0.25, 0.3) is 22.5 Å². The molecule has 1 heterocycles. The van der Waals surface area contributed by atoms with Gasteiger partial charge in [0.25, 0.3) is 11.3 Å². The molecule has 11 nitrogen and oxygen atoms in total. The quantitative estimate of drug-likeness (QED) is 0.0845. The summed E-state index contributed by atoms with van der Waals surface area (Å²) < 4.78 is 60.3. The van der Waals surface area contributed by atoms with Crippen molar-refractivity contribution in [2.75, 3.05) is 30.9 Å². The van der Waals surface area contributed by atoms with E-state index in [1.54, 1.807) is 41.1 Å². The number of nitriles is 1. The zero-order valence-corrected chi connectivity index (χ0v) is 23.8. The highest BCUT2D eigenvalue weighted by atomic mass is 32.2. The number of ether oxygens (including phenoxy) is 2. The number of hydrogen-bond donors (Lipinski definition) is 1. The van der Waals surface area contributed by atoms with E-state index < -0.39 is 21.1 Å². The van der Waals surface area contributed by atoms with Crippen molar-refractivity contribution in [1.82, 2.24) is 9.55 Å². The lowest BCUT2D eigenvalue weighted by molar-refractivity contribution is 0.110. The molecule has 13 heteroatoms. The topological polar surface area (TPSA) is 152 Å². The minimum atomic E-state index is -3.80. The lowest BCUT2D eigenvalue weighted by Crippen LogP contribution is -2.19. The highest BCUT2D eigenvalue weighted by Crippen LogP contribution is 2.35. The van der Waals surface area contributed by atoms with Gasteiger partial charge in [-0.3, -0.25) is 9.35 Å². The van der Waals surface area contributed by atoms with E-state index in [1.807, 2.05) is 30.3 Å². The number of methoxy groups -OCH3 is 1. The number of sulfone groups is 1. The molecule has 0 amide bonds. The molecule has 0 spiro atoms. The fourth-order valence-electron chi connectivity index (χ4n) is 4.29. The van der Waals surface area contributed by atoms with Gasteiger partial charge < -0.3 is 14.0 Å². The van der Waals surface area contributed by atoms with Gasteiger partial charge in [-0.2, -0.15) is 14.6 Å². The summed E-state index contributed by atoms with van der Waals surface area (Å²) >= 11 is -2.63. The highest BCUT2D eigenvalue weighted by molar-refractivity contribution is 7.90. The number of imidazole rings is 1. The molecule has 3 aromatic carbocycles. The predicted octanol–water partition coefficient (Wildman–Crippen LogP) is 3.93. The second-order valence-electron chi connectivity index (χ2n) is 8.77. The average molecular weight is 595 g/mol. The van der Waals surface area contributed by atoms with Crippen LogP contribution in [0.1, 0.15) is 16.1 Å². The van der Waals surface area contributed by atoms with E-state index in [4.69, 9.17) is 9.47 Å². The summed E-state index contributed by atoms with van der Waals surface area (Å²) in [4.78, 5) is 16.8. The van der Waals surface area contributed by atoms with Gasteiger partial charge in [0.05, 0.1) is 23.7 Å². The third-order valence-corrected chi connectivity index (χ3v) is 7.89. The summed E-state index contributed by atoms with van der Waals surface area (Å²) in [5.74, 6) is 0.500. The van der Waals surface area contributed by atoms with Crippen LogP contribution in [0.3, 0.4) is 0 Å². The zero-order chi connectivity index (χ0) is 29.6. The number of rotatable bonds is 12. The van der Waals surface area contributed by atoms with Crippen molar-refractivity contribution in [3.63, 3.8) is 0 Å². The van der Waals surface area contributed by atoms with Crippen molar-refractivity contribution >= 4 is 33.1 Å². The van der Waals surface area contributed by atoms with Gasteiger partial charge >= 0.3 is 0 Å². The van der Waals surface area contributed by atoms with Crippen molar-refractivity contribution in [2.24, 2.45) is 0 Å². The minimum Gasteiger partial charge on any atom is -0.474 e. The number of aldehydes is 1. The molecule has 0 aliphatic rings. The largest absolute Gasteiger partial charge is 0.474 e. The Morgan fingerprint density at radius 1 is 1.07 bits per heavy atom. The number of anilines is 1. The SMILES string of the molecule is COCCOc1nc(-c2ccccc2)n(Cc2ccc(-c3ccccc3N(C#N)S(=O)O)cc2S(C)(=O)=O)c1C=O. The molecular weight excluding hydrogens is 568 g/mol. The molecule has 0 aliphatic heterocycles. The van der Waals surface area contributed by atoms with E-state index >= 15 is 0 Å². The Morgan fingerprint density at radius 3 is 2.41 bits per heavy atom. The van der Waals surface area contributed by atoms with Gasteiger partial charge in [-0.1, -0.05) is 60.7 Å². The van der Waals surface area contributed by atoms with Crippen LogP contribution in [0, 0.1) is 11.5 Å².